The molecule has 7 nitrogen and oxygen atoms in total. The summed E-state index contributed by atoms with van der Waals surface area (Å²) in [4.78, 5) is 10.3. The summed E-state index contributed by atoms with van der Waals surface area (Å²) in [5.41, 5.74) is 0. The Morgan fingerprint density at radius 3 is 3.00 bits per heavy atom. The number of aliphatic carboxylic acids is 1. The van der Waals surface area contributed by atoms with E-state index >= 15 is 0 Å². The zero-order chi connectivity index (χ0) is 10.6. The summed E-state index contributed by atoms with van der Waals surface area (Å²) in [5, 5.41) is 16.2. The van der Waals surface area contributed by atoms with Crippen LogP contribution >= 0.6 is 11.8 Å². The number of carboxylic acids is 1. The molecule has 1 rings (SSSR count). The summed E-state index contributed by atoms with van der Waals surface area (Å²) >= 11 is 1.01. The number of hydrogen-bond donors (Lipinski definition) is 2. The van der Waals surface area contributed by atoms with Crippen molar-refractivity contribution in [2.45, 2.75) is 11.8 Å². The van der Waals surface area contributed by atoms with Gasteiger partial charge in [0.2, 0.25) is 5.16 Å². The van der Waals surface area contributed by atoms with Gasteiger partial charge in [0, 0.05) is 7.11 Å². The van der Waals surface area contributed by atoms with Gasteiger partial charge in [-0.1, -0.05) is 11.8 Å². The number of methoxy groups -OCH3 is 1. The third-order valence-electron chi connectivity index (χ3n) is 1.33. The van der Waals surface area contributed by atoms with Gasteiger partial charge in [0.1, 0.15) is 6.61 Å². The molecule has 14 heavy (non-hydrogen) atoms. The van der Waals surface area contributed by atoms with Crippen LogP contribution in [0.2, 0.25) is 0 Å². The fourth-order valence-corrected chi connectivity index (χ4v) is 1.36. The van der Waals surface area contributed by atoms with E-state index in [1.54, 1.807) is 0 Å². The maximum atomic E-state index is 10.3. The number of rotatable bonds is 5. The molecule has 0 fully saturated rings. The minimum Gasteiger partial charge on any atom is -0.481 e. The lowest BCUT2D eigenvalue weighted by molar-refractivity contribution is -0.133. The van der Waals surface area contributed by atoms with Gasteiger partial charge in [-0.3, -0.25) is 4.79 Å². The molecular weight excluding hydrogens is 208 g/mol. The topological polar surface area (TPSA) is 103 Å². The highest BCUT2D eigenvalue weighted by Crippen LogP contribution is 2.13. The Kier molecular flexibility index (Phi) is 3.72. The minimum atomic E-state index is -0.925. The number of carboxylic acid groups (broad SMARTS) is 1. The number of carbonyl (C=O) groups is 1. The van der Waals surface area contributed by atoms with Gasteiger partial charge in [-0.25, -0.2) is 4.68 Å². The van der Waals surface area contributed by atoms with E-state index in [0.717, 1.165) is 11.8 Å². The van der Waals surface area contributed by atoms with Crippen molar-refractivity contribution in [3.05, 3.63) is 5.82 Å². The predicted molar refractivity (Wildman–Crippen MR) is 49.2 cm³/mol. The molecule has 0 unspecified atom stereocenters. The lowest BCUT2D eigenvalue weighted by Crippen LogP contribution is -2.15. The van der Waals surface area contributed by atoms with Gasteiger partial charge in [-0.15, -0.1) is 10.2 Å². The van der Waals surface area contributed by atoms with Crippen molar-refractivity contribution in [2.75, 3.05) is 18.7 Å². The van der Waals surface area contributed by atoms with E-state index in [0.29, 0.717) is 11.0 Å². The van der Waals surface area contributed by atoms with Crippen LogP contribution < -0.4 is 5.84 Å². The molecule has 0 bridgehead atoms. The lowest BCUT2D eigenvalue weighted by Gasteiger charge is -2.00. The second-order valence-corrected chi connectivity index (χ2v) is 3.33. The molecule has 1 aromatic heterocycles. The zero-order valence-electron chi connectivity index (χ0n) is 7.51. The highest BCUT2D eigenvalue weighted by molar-refractivity contribution is 7.99. The smallest absolute Gasteiger partial charge is 0.313 e. The number of thioether (sulfide) groups is 1. The van der Waals surface area contributed by atoms with Crippen molar-refractivity contribution in [2.24, 2.45) is 0 Å². The largest absolute Gasteiger partial charge is 0.481 e. The van der Waals surface area contributed by atoms with E-state index in [4.69, 9.17) is 15.7 Å². The van der Waals surface area contributed by atoms with Crippen LogP contribution in [0.4, 0.5) is 0 Å². The number of ether oxygens (including phenoxy) is 1. The van der Waals surface area contributed by atoms with Crippen molar-refractivity contribution >= 4 is 17.7 Å². The van der Waals surface area contributed by atoms with E-state index in [9.17, 15) is 4.79 Å². The predicted octanol–water partition coefficient (Wildman–Crippen LogP) is -0.685. The summed E-state index contributed by atoms with van der Waals surface area (Å²) < 4.78 is 6.04. The second-order valence-electron chi connectivity index (χ2n) is 2.38. The second kappa shape index (κ2) is 4.82. The molecule has 0 saturated carbocycles. The van der Waals surface area contributed by atoms with E-state index in [2.05, 4.69) is 10.2 Å². The van der Waals surface area contributed by atoms with Crippen molar-refractivity contribution in [3.8, 4) is 0 Å². The summed E-state index contributed by atoms with van der Waals surface area (Å²) in [7, 11) is 1.51. The standard InChI is InChI=1S/C6H10N4O3S/c1-13-2-4-8-9-6(10(4)7)14-3-5(11)12/h2-3,7H2,1H3,(H,11,12). The first-order valence-electron chi connectivity index (χ1n) is 3.68. The number of nitrogen functional groups attached to an aromatic ring is 1. The maximum Gasteiger partial charge on any atom is 0.313 e. The Morgan fingerprint density at radius 2 is 2.43 bits per heavy atom. The first-order chi connectivity index (χ1) is 6.65. The molecular formula is C6H10N4O3S. The Hall–Kier alpha value is -1.28. The molecule has 0 saturated heterocycles. The number of nitrogens with zero attached hydrogens (tertiary/aromatic N) is 3. The van der Waals surface area contributed by atoms with Crippen LogP contribution in [0.25, 0.3) is 0 Å². The molecule has 0 atom stereocenters. The van der Waals surface area contributed by atoms with Gasteiger partial charge in [-0.05, 0) is 0 Å². The molecule has 0 aromatic carbocycles. The van der Waals surface area contributed by atoms with Crippen molar-refractivity contribution in [3.63, 3.8) is 0 Å². The fraction of sp³-hybridized carbons (Fsp3) is 0.500. The molecule has 1 aromatic rings. The highest BCUT2D eigenvalue weighted by Gasteiger charge is 2.10. The SMILES string of the molecule is COCc1nnc(SCC(=O)O)n1N. The zero-order valence-corrected chi connectivity index (χ0v) is 8.32. The lowest BCUT2D eigenvalue weighted by atomic mass is 10.7. The third-order valence-corrected chi connectivity index (χ3v) is 2.26. The third kappa shape index (κ3) is 2.60. The van der Waals surface area contributed by atoms with Gasteiger partial charge >= 0.3 is 5.97 Å². The van der Waals surface area contributed by atoms with Crippen molar-refractivity contribution in [1.82, 2.24) is 14.9 Å². The molecule has 8 heteroatoms. The molecule has 0 radical (unpaired) electrons. The van der Waals surface area contributed by atoms with Gasteiger partial charge < -0.3 is 15.7 Å². The van der Waals surface area contributed by atoms with E-state index in [1.165, 1.54) is 11.8 Å². The number of nitrogens with two attached hydrogens (primary N) is 1. The molecule has 0 aliphatic carbocycles. The van der Waals surface area contributed by atoms with Crippen LogP contribution in [0.5, 0.6) is 0 Å². The maximum absolute atomic E-state index is 10.3. The van der Waals surface area contributed by atoms with E-state index < -0.39 is 5.97 Å². The van der Waals surface area contributed by atoms with E-state index in [1.807, 2.05) is 0 Å². The average molecular weight is 218 g/mol. The van der Waals surface area contributed by atoms with Gasteiger partial charge in [0.25, 0.3) is 0 Å². The summed E-state index contributed by atoms with van der Waals surface area (Å²) in [6.07, 6.45) is 0. The van der Waals surface area contributed by atoms with Crippen LogP contribution in [-0.2, 0) is 16.1 Å². The monoisotopic (exact) mass is 218 g/mol. The van der Waals surface area contributed by atoms with Crippen LogP contribution in [0.3, 0.4) is 0 Å². The Balaban J connectivity index is 2.64. The normalized spacial score (nSPS) is 10.4. The highest BCUT2D eigenvalue weighted by atomic mass is 32.2. The molecule has 0 amide bonds. The summed E-state index contributed by atoms with van der Waals surface area (Å²) in [5.74, 6) is 5.01. The van der Waals surface area contributed by atoms with Gasteiger partial charge in [-0.2, -0.15) is 0 Å². The molecule has 78 valence electrons. The summed E-state index contributed by atoms with van der Waals surface area (Å²) in [6, 6.07) is 0. The van der Waals surface area contributed by atoms with Gasteiger partial charge in [0.05, 0.1) is 5.75 Å². The fourth-order valence-electron chi connectivity index (χ4n) is 0.759. The van der Waals surface area contributed by atoms with Gasteiger partial charge in [0.15, 0.2) is 5.82 Å². The van der Waals surface area contributed by atoms with Crippen LogP contribution in [-0.4, -0.2) is 38.8 Å². The van der Waals surface area contributed by atoms with Crippen LogP contribution in [0, 0.1) is 0 Å². The molecule has 0 spiro atoms. The Morgan fingerprint density at radius 1 is 1.71 bits per heavy atom. The first-order valence-corrected chi connectivity index (χ1v) is 4.66. The van der Waals surface area contributed by atoms with Crippen molar-refractivity contribution < 1.29 is 14.6 Å². The Bertz CT molecular complexity index is 327. The quantitative estimate of drug-likeness (QED) is 0.498. The summed E-state index contributed by atoms with van der Waals surface area (Å²) in [6.45, 7) is 0.247. The van der Waals surface area contributed by atoms with Crippen LogP contribution in [0.15, 0.2) is 5.16 Å². The minimum absolute atomic E-state index is 0.0949. The number of aromatic nitrogens is 3. The molecule has 1 heterocycles. The molecule has 0 aliphatic rings. The molecule has 3 N–H and O–H groups in total. The van der Waals surface area contributed by atoms with E-state index in [-0.39, 0.29) is 12.4 Å². The first kappa shape index (κ1) is 10.8. The molecule has 0 aliphatic heterocycles. The van der Waals surface area contributed by atoms with Crippen molar-refractivity contribution in [1.29, 1.82) is 0 Å². The Labute approximate surface area is 84.2 Å². The average Bonchev–Trinajstić information content (AvgIpc) is 2.46. The number of hydrogen-bond acceptors (Lipinski definition) is 6. The van der Waals surface area contributed by atoms with Crippen LogP contribution in [0.1, 0.15) is 5.82 Å².